The summed E-state index contributed by atoms with van der Waals surface area (Å²) in [6, 6.07) is 3.72. The number of hydrogen-bond acceptors (Lipinski definition) is 3. The number of carbonyl (C=O) groups is 1. The van der Waals surface area contributed by atoms with Gasteiger partial charge in [0.05, 0.1) is 16.4 Å². The van der Waals surface area contributed by atoms with Gasteiger partial charge in [0, 0.05) is 13.0 Å². The number of carbonyl (C=O) groups excluding carboxylic acids is 1. The lowest BCUT2D eigenvalue weighted by Gasteiger charge is -2.15. The Kier molecular flexibility index (Phi) is 4.62. The van der Waals surface area contributed by atoms with Gasteiger partial charge in [0.25, 0.3) is 5.91 Å². The molecule has 0 unspecified atom stereocenters. The summed E-state index contributed by atoms with van der Waals surface area (Å²) < 4.78 is 0. The maximum atomic E-state index is 12.2. The van der Waals surface area contributed by atoms with Gasteiger partial charge in [0.2, 0.25) is 0 Å². The monoisotopic (exact) mass is 303 g/mol. The average Bonchev–Trinajstić information content (AvgIpc) is 3.40. The van der Waals surface area contributed by atoms with E-state index in [4.69, 9.17) is 5.11 Å². The average molecular weight is 303 g/mol. The molecular weight excluding hydrogens is 282 g/mol. The van der Waals surface area contributed by atoms with Crippen molar-refractivity contribution < 1.29 is 9.90 Å². The number of hydrogen-bond donors (Lipinski definition) is 2. The van der Waals surface area contributed by atoms with Crippen molar-refractivity contribution in [3.63, 3.8) is 0 Å². The SMILES string of the molecule is O=C(NCC(C1CC1)C1CC1)c1ccc(C#CCCO)s1. The fourth-order valence-corrected chi connectivity index (χ4v) is 3.59. The molecule has 2 fully saturated rings. The van der Waals surface area contributed by atoms with Crippen LogP contribution in [0.25, 0.3) is 0 Å². The Morgan fingerprint density at radius 1 is 1.33 bits per heavy atom. The van der Waals surface area contributed by atoms with Crippen molar-refractivity contribution >= 4 is 17.2 Å². The molecule has 0 spiro atoms. The molecule has 0 aromatic carbocycles. The van der Waals surface area contributed by atoms with Gasteiger partial charge in [-0.05, 0) is 55.6 Å². The lowest BCUT2D eigenvalue weighted by molar-refractivity contribution is 0.0947. The largest absolute Gasteiger partial charge is 0.395 e. The van der Waals surface area contributed by atoms with Crippen LogP contribution in [-0.2, 0) is 0 Å². The lowest BCUT2D eigenvalue weighted by atomic mass is 9.98. The fourth-order valence-electron chi connectivity index (χ4n) is 2.80. The molecule has 112 valence electrons. The van der Waals surface area contributed by atoms with Gasteiger partial charge < -0.3 is 10.4 Å². The minimum absolute atomic E-state index is 0.0292. The molecule has 0 bridgehead atoms. The van der Waals surface area contributed by atoms with Gasteiger partial charge >= 0.3 is 0 Å². The molecule has 2 aliphatic rings. The first-order chi connectivity index (χ1) is 10.3. The molecule has 1 amide bonds. The second-order valence-corrected chi connectivity index (χ2v) is 7.07. The summed E-state index contributed by atoms with van der Waals surface area (Å²) in [4.78, 5) is 13.8. The second-order valence-electron chi connectivity index (χ2n) is 5.99. The molecule has 1 aromatic rings. The van der Waals surface area contributed by atoms with E-state index in [1.165, 1.54) is 37.0 Å². The number of aliphatic hydroxyl groups excluding tert-OH is 1. The Bertz CT molecular complexity index is 549. The summed E-state index contributed by atoms with van der Waals surface area (Å²) in [5, 5.41) is 11.8. The highest BCUT2D eigenvalue weighted by Crippen LogP contribution is 2.48. The first-order valence-corrected chi connectivity index (χ1v) is 8.57. The smallest absolute Gasteiger partial charge is 0.261 e. The van der Waals surface area contributed by atoms with Crippen LogP contribution in [0.1, 0.15) is 46.7 Å². The Morgan fingerprint density at radius 3 is 2.67 bits per heavy atom. The minimum atomic E-state index is 0.0292. The summed E-state index contributed by atoms with van der Waals surface area (Å²) >= 11 is 1.42. The molecule has 1 aromatic heterocycles. The third-order valence-electron chi connectivity index (χ3n) is 4.23. The lowest BCUT2D eigenvalue weighted by Crippen LogP contribution is -2.30. The molecule has 2 aliphatic carbocycles. The van der Waals surface area contributed by atoms with Crippen LogP contribution < -0.4 is 5.32 Å². The zero-order valence-electron chi connectivity index (χ0n) is 12.1. The van der Waals surface area contributed by atoms with Crippen molar-refractivity contribution in [2.45, 2.75) is 32.1 Å². The van der Waals surface area contributed by atoms with Gasteiger partial charge in [0.15, 0.2) is 0 Å². The van der Waals surface area contributed by atoms with Gasteiger partial charge in [0.1, 0.15) is 0 Å². The summed E-state index contributed by atoms with van der Waals surface area (Å²) in [7, 11) is 0. The van der Waals surface area contributed by atoms with E-state index in [1.807, 2.05) is 12.1 Å². The molecule has 3 rings (SSSR count). The Balaban J connectivity index is 1.52. The van der Waals surface area contributed by atoms with E-state index in [1.54, 1.807) is 0 Å². The molecule has 0 saturated heterocycles. The zero-order valence-corrected chi connectivity index (χ0v) is 12.9. The fraction of sp³-hybridized carbons (Fsp3) is 0.588. The molecule has 0 aliphatic heterocycles. The summed E-state index contributed by atoms with van der Waals surface area (Å²) in [6.07, 6.45) is 5.87. The van der Waals surface area contributed by atoms with E-state index in [0.29, 0.717) is 12.3 Å². The van der Waals surface area contributed by atoms with Crippen LogP contribution in [0.15, 0.2) is 12.1 Å². The van der Waals surface area contributed by atoms with Crippen molar-refractivity contribution in [2.75, 3.05) is 13.2 Å². The van der Waals surface area contributed by atoms with E-state index >= 15 is 0 Å². The van der Waals surface area contributed by atoms with E-state index in [0.717, 1.165) is 28.1 Å². The zero-order chi connectivity index (χ0) is 14.7. The second kappa shape index (κ2) is 6.64. The summed E-state index contributed by atoms with van der Waals surface area (Å²) in [5.41, 5.74) is 0. The maximum absolute atomic E-state index is 12.2. The van der Waals surface area contributed by atoms with Gasteiger partial charge in [-0.1, -0.05) is 11.8 Å². The number of amides is 1. The summed E-state index contributed by atoms with van der Waals surface area (Å²) in [6.45, 7) is 0.910. The molecule has 0 radical (unpaired) electrons. The van der Waals surface area contributed by atoms with Crippen molar-refractivity contribution in [3.8, 4) is 11.8 Å². The van der Waals surface area contributed by atoms with Crippen LogP contribution >= 0.6 is 11.3 Å². The van der Waals surface area contributed by atoms with E-state index in [-0.39, 0.29) is 12.5 Å². The quantitative estimate of drug-likeness (QED) is 0.794. The van der Waals surface area contributed by atoms with E-state index < -0.39 is 0 Å². The van der Waals surface area contributed by atoms with Crippen LogP contribution in [-0.4, -0.2) is 24.2 Å². The molecule has 2 N–H and O–H groups in total. The normalized spacial score (nSPS) is 17.4. The van der Waals surface area contributed by atoms with Crippen LogP contribution in [0.2, 0.25) is 0 Å². The van der Waals surface area contributed by atoms with Crippen LogP contribution in [0, 0.1) is 29.6 Å². The third-order valence-corrected chi connectivity index (χ3v) is 5.23. The highest BCUT2D eigenvalue weighted by Gasteiger charge is 2.41. The van der Waals surface area contributed by atoms with Gasteiger partial charge in [-0.25, -0.2) is 0 Å². The van der Waals surface area contributed by atoms with Crippen molar-refractivity contribution in [3.05, 3.63) is 21.9 Å². The van der Waals surface area contributed by atoms with Crippen molar-refractivity contribution in [1.29, 1.82) is 0 Å². The van der Waals surface area contributed by atoms with Gasteiger partial charge in [-0.15, -0.1) is 11.3 Å². The molecule has 4 heteroatoms. The van der Waals surface area contributed by atoms with E-state index in [2.05, 4.69) is 17.2 Å². The number of aliphatic hydroxyl groups is 1. The molecule has 3 nitrogen and oxygen atoms in total. The predicted octanol–water partition coefficient (Wildman–Crippen LogP) is 2.65. The van der Waals surface area contributed by atoms with Crippen LogP contribution in [0.3, 0.4) is 0 Å². The standard InChI is InChI=1S/C17H21NO2S/c19-10-2-1-3-14-8-9-16(21-14)17(20)18-11-15(12-4-5-12)13-6-7-13/h8-9,12-13,15,19H,2,4-7,10-11H2,(H,18,20). The number of thiophene rings is 1. The number of rotatable bonds is 6. The Labute approximate surface area is 129 Å². The third kappa shape index (κ3) is 4.09. The number of nitrogens with one attached hydrogen (secondary N) is 1. The van der Waals surface area contributed by atoms with Crippen LogP contribution in [0.5, 0.6) is 0 Å². The molecule has 21 heavy (non-hydrogen) atoms. The summed E-state index contributed by atoms with van der Waals surface area (Å²) in [5.74, 6) is 8.31. The Hall–Kier alpha value is -1.31. The first kappa shape index (κ1) is 14.6. The topological polar surface area (TPSA) is 49.3 Å². The minimum Gasteiger partial charge on any atom is -0.395 e. The van der Waals surface area contributed by atoms with Crippen molar-refractivity contribution in [1.82, 2.24) is 5.32 Å². The molecule has 0 atom stereocenters. The highest BCUT2D eigenvalue weighted by molar-refractivity contribution is 7.14. The van der Waals surface area contributed by atoms with E-state index in [9.17, 15) is 4.79 Å². The first-order valence-electron chi connectivity index (χ1n) is 7.75. The van der Waals surface area contributed by atoms with Gasteiger partial charge in [-0.2, -0.15) is 0 Å². The molecule has 1 heterocycles. The maximum Gasteiger partial charge on any atom is 0.261 e. The predicted molar refractivity (Wildman–Crippen MR) is 84.2 cm³/mol. The molecule has 2 saturated carbocycles. The Morgan fingerprint density at radius 2 is 2.05 bits per heavy atom. The van der Waals surface area contributed by atoms with Crippen LogP contribution in [0.4, 0.5) is 0 Å². The van der Waals surface area contributed by atoms with Gasteiger partial charge in [-0.3, -0.25) is 4.79 Å². The highest BCUT2D eigenvalue weighted by atomic mass is 32.1. The van der Waals surface area contributed by atoms with Crippen molar-refractivity contribution in [2.24, 2.45) is 17.8 Å². The molecular formula is C17H21NO2S.